The molecule has 0 amide bonds. The van der Waals surface area contributed by atoms with Gasteiger partial charge in [0, 0.05) is 11.5 Å². The first-order valence-electron chi connectivity index (χ1n) is 5.27. The lowest BCUT2D eigenvalue weighted by atomic mass is 9.95. The predicted molar refractivity (Wildman–Crippen MR) is 59.7 cm³/mol. The van der Waals surface area contributed by atoms with Gasteiger partial charge in [-0.1, -0.05) is 27.7 Å². The van der Waals surface area contributed by atoms with E-state index in [4.69, 9.17) is 0 Å². The molecule has 1 rings (SSSR count). The molecule has 0 radical (unpaired) electrons. The number of hydrogen-bond donors (Lipinski definition) is 0. The van der Waals surface area contributed by atoms with Crippen molar-refractivity contribution >= 4 is 5.78 Å². The van der Waals surface area contributed by atoms with E-state index in [0.29, 0.717) is 11.1 Å². The van der Waals surface area contributed by atoms with Gasteiger partial charge in [-0.15, -0.1) is 0 Å². The van der Waals surface area contributed by atoms with E-state index in [0.717, 1.165) is 0 Å². The van der Waals surface area contributed by atoms with Crippen LogP contribution < -0.4 is 0 Å². The topological polar surface area (TPSA) is 17.1 Å². The molecule has 0 saturated heterocycles. The Labute approximate surface area is 90.3 Å². The van der Waals surface area contributed by atoms with Gasteiger partial charge in [-0.25, -0.2) is 4.39 Å². The molecule has 0 N–H and O–H groups in total. The van der Waals surface area contributed by atoms with Crippen LogP contribution in [-0.2, 0) is 0 Å². The summed E-state index contributed by atoms with van der Waals surface area (Å²) >= 11 is 0. The first-order chi connectivity index (χ1) is 6.93. The molecule has 82 valence electrons. The highest BCUT2D eigenvalue weighted by Crippen LogP contribution is 2.21. The molecular weight excluding hydrogens is 191 g/mol. The van der Waals surface area contributed by atoms with Gasteiger partial charge in [-0.05, 0) is 29.7 Å². The van der Waals surface area contributed by atoms with Crippen molar-refractivity contribution in [3.8, 4) is 0 Å². The largest absolute Gasteiger partial charge is 0.294 e. The minimum atomic E-state index is -0.231. The number of halogens is 1. The Bertz CT molecular complexity index is 367. The van der Waals surface area contributed by atoms with Crippen LogP contribution in [0.1, 0.15) is 49.5 Å². The van der Waals surface area contributed by atoms with Gasteiger partial charge >= 0.3 is 0 Å². The first-order valence-corrected chi connectivity index (χ1v) is 5.27. The Morgan fingerprint density at radius 1 is 1.20 bits per heavy atom. The van der Waals surface area contributed by atoms with Crippen molar-refractivity contribution in [1.82, 2.24) is 0 Å². The fraction of sp³-hybridized carbons (Fsp3) is 0.462. The third kappa shape index (κ3) is 2.65. The molecule has 0 heterocycles. The van der Waals surface area contributed by atoms with Crippen molar-refractivity contribution in [1.29, 1.82) is 0 Å². The molecule has 0 bridgehead atoms. The van der Waals surface area contributed by atoms with Gasteiger partial charge in [0.05, 0.1) is 0 Å². The number of carbonyl (C=O) groups is 1. The monoisotopic (exact) mass is 208 g/mol. The molecule has 1 aromatic rings. The fourth-order valence-corrected chi connectivity index (χ4v) is 1.47. The molecule has 1 nitrogen and oxygen atoms in total. The van der Waals surface area contributed by atoms with Crippen molar-refractivity contribution in [2.24, 2.45) is 5.92 Å². The summed E-state index contributed by atoms with van der Waals surface area (Å²) in [5, 5.41) is 0. The second kappa shape index (κ2) is 4.56. The third-order valence-electron chi connectivity index (χ3n) is 2.43. The van der Waals surface area contributed by atoms with Crippen LogP contribution in [-0.4, -0.2) is 5.78 Å². The number of carbonyl (C=O) groups excluding carboxylic acids is 1. The van der Waals surface area contributed by atoms with Crippen LogP contribution in [0.15, 0.2) is 18.2 Å². The lowest BCUT2D eigenvalue weighted by molar-refractivity contribution is 0.0939. The van der Waals surface area contributed by atoms with E-state index < -0.39 is 0 Å². The number of rotatable bonds is 3. The molecule has 0 atom stereocenters. The summed E-state index contributed by atoms with van der Waals surface area (Å²) in [5.74, 6) is -0.109. The summed E-state index contributed by atoms with van der Waals surface area (Å²) < 4.78 is 13.4. The van der Waals surface area contributed by atoms with Crippen LogP contribution in [0.3, 0.4) is 0 Å². The average Bonchev–Trinajstić information content (AvgIpc) is 2.16. The zero-order chi connectivity index (χ0) is 11.6. The minimum absolute atomic E-state index is 0.0459. The van der Waals surface area contributed by atoms with E-state index in [-0.39, 0.29) is 23.4 Å². The van der Waals surface area contributed by atoms with E-state index in [9.17, 15) is 9.18 Å². The Morgan fingerprint density at radius 3 is 2.27 bits per heavy atom. The number of hydrogen-bond acceptors (Lipinski definition) is 1. The van der Waals surface area contributed by atoms with Crippen molar-refractivity contribution in [2.45, 2.75) is 33.6 Å². The molecule has 1 aromatic carbocycles. The van der Waals surface area contributed by atoms with Crippen LogP contribution in [0.4, 0.5) is 4.39 Å². The average molecular weight is 208 g/mol. The van der Waals surface area contributed by atoms with Crippen LogP contribution in [0.25, 0.3) is 0 Å². The summed E-state index contributed by atoms with van der Waals surface area (Å²) in [6, 6.07) is 4.61. The highest BCUT2D eigenvalue weighted by atomic mass is 19.1. The molecule has 0 aromatic heterocycles. The Hall–Kier alpha value is -1.18. The molecule has 0 fully saturated rings. The van der Waals surface area contributed by atoms with Gasteiger partial charge in [0.15, 0.2) is 5.78 Å². The van der Waals surface area contributed by atoms with Crippen LogP contribution in [0, 0.1) is 11.7 Å². The summed E-state index contributed by atoms with van der Waals surface area (Å²) in [7, 11) is 0. The number of benzene rings is 1. The smallest absolute Gasteiger partial charge is 0.165 e. The second-order valence-corrected chi connectivity index (χ2v) is 4.41. The Kier molecular flexibility index (Phi) is 3.61. The second-order valence-electron chi connectivity index (χ2n) is 4.41. The summed E-state index contributed by atoms with van der Waals surface area (Å²) in [4.78, 5) is 11.7. The molecule has 0 aliphatic heterocycles. The van der Waals surface area contributed by atoms with Gasteiger partial charge in [-0.3, -0.25) is 4.79 Å². The standard InChI is InChI=1S/C13H17FO/c1-8(2)11-7-10(5-6-12(11)14)13(15)9(3)4/h5-9H,1-4H3. The lowest BCUT2D eigenvalue weighted by Crippen LogP contribution is -2.08. The summed E-state index contributed by atoms with van der Waals surface area (Å²) in [5.41, 5.74) is 1.22. The van der Waals surface area contributed by atoms with Gasteiger partial charge in [0.2, 0.25) is 0 Å². The van der Waals surface area contributed by atoms with Crippen molar-refractivity contribution in [3.63, 3.8) is 0 Å². The first kappa shape index (κ1) is 11.9. The Morgan fingerprint density at radius 2 is 1.80 bits per heavy atom. The van der Waals surface area contributed by atoms with E-state index >= 15 is 0 Å². The quantitative estimate of drug-likeness (QED) is 0.691. The number of ketones is 1. The Balaban J connectivity index is 3.13. The van der Waals surface area contributed by atoms with Gasteiger partial charge in [0.25, 0.3) is 0 Å². The summed E-state index contributed by atoms with van der Waals surface area (Å²) in [6.45, 7) is 7.53. The molecule has 0 saturated carbocycles. The minimum Gasteiger partial charge on any atom is -0.294 e. The van der Waals surface area contributed by atoms with Gasteiger partial charge < -0.3 is 0 Å². The molecule has 15 heavy (non-hydrogen) atoms. The van der Waals surface area contributed by atoms with Crippen LogP contribution in [0.2, 0.25) is 0 Å². The molecule has 0 unspecified atom stereocenters. The molecule has 0 aliphatic carbocycles. The van der Waals surface area contributed by atoms with E-state index in [1.54, 1.807) is 12.1 Å². The molecular formula is C13H17FO. The zero-order valence-electron chi connectivity index (χ0n) is 9.67. The van der Waals surface area contributed by atoms with E-state index in [2.05, 4.69) is 0 Å². The molecule has 0 spiro atoms. The maximum absolute atomic E-state index is 13.4. The lowest BCUT2D eigenvalue weighted by Gasteiger charge is -2.10. The van der Waals surface area contributed by atoms with E-state index in [1.807, 2.05) is 27.7 Å². The van der Waals surface area contributed by atoms with E-state index in [1.165, 1.54) is 6.07 Å². The predicted octanol–water partition coefficient (Wildman–Crippen LogP) is 3.79. The normalized spacial score (nSPS) is 11.1. The van der Waals surface area contributed by atoms with Crippen molar-refractivity contribution in [2.75, 3.05) is 0 Å². The van der Waals surface area contributed by atoms with Crippen LogP contribution in [0.5, 0.6) is 0 Å². The fourth-order valence-electron chi connectivity index (χ4n) is 1.47. The highest BCUT2D eigenvalue weighted by Gasteiger charge is 2.14. The maximum atomic E-state index is 13.4. The SMILES string of the molecule is CC(C)C(=O)c1ccc(F)c(C(C)C)c1. The van der Waals surface area contributed by atoms with Crippen molar-refractivity contribution < 1.29 is 9.18 Å². The maximum Gasteiger partial charge on any atom is 0.165 e. The third-order valence-corrected chi connectivity index (χ3v) is 2.43. The van der Waals surface area contributed by atoms with Crippen LogP contribution >= 0.6 is 0 Å². The molecule has 2 heteroatoms. The molecule has 0 aliphatic rings. The zero-order valence-corrected chi connectivity index (χ0v) is 9.67. The highest BCUT2D eigenvalue weighted by molar-refractivity contribution is 5.97. The van der Waals surface area contributed by atoms with Crippen molar-refractivity contribution in [3.05, 3.63) is 35.1 Å². The summed E-state index contributed by atoms with van der Waals surface area (Å²) in [6.07, 6.45) is 0. The van der Waals surface area contributed by atoms with Gasteiger partial charge in [0.1, 0.15) is 5.82 Å². The number of Topliss-reactive ketones (excluding diaryl/α,β-unsaturated/α-hetero) is 1. The van der Waals surface area contributed by atoms with Gasteiger partial charge in [-0.2, -0.15) is 0 Å².